The molecule has 0 atom stereocenters. The molecule has 0 unspecified atom stereocenters. The van der Waals surface area contributed by atoms with E-state index in [1.807, 2.05) is 36.2 Å². The van der Waals surface area contributed by atoms with Crippen molar-refractivity contribution in [2.75, 3.05) is 20.6 Å². The van der Waals surface area contributed by atoms with Crippen LogP contribution in [0.25, 0.3) is 11.0 Å². The van der Waals surface area contributed by atoms with Gasteiger partial charge in [0.25, 0.3) is 0 Å². The van der Waals surface area contributed by atoms with Crippen LogP contribution in [0.15, 0.2) is 53.5 Å². The van der Waals surface area contributed by atoms with Gasteiger partial charge < -0.3 is 19.9 Å². The van der Waals surface area contributed by atoms with Gasteiger partial charge in [0.1, 0.15) is 11.6 Å². The zero-order valence-electron chi connectivity index (χ0n) is 16.2. The van der Waals surface area contributed by atoms with Crippen molar-refractivity contribution >= 4 is 41.0 Å². The lowest BCUT2D eigenvalue weighted by Crippen LogP contribution is -2.39. The van der Waals surface area contributed by atoms with Crippen molar-refractivity contribution in [3.63, 3.8) is 0 Å². The summed E-state index contributed by atoms with van der Waals surface area (Å²) in [6.07, 6.45) is 0.737. The Bertz CT molecular complexity index is 897. The number of aromatic amines is 1. The van der Waals surface area contributed by atoms with Gasteiger partial charge in [0, 0.05) is 33.6 Å². The number of nitrogens with zero attached hydrogens (tertiary/aromatic N) is 3. The number of ether oxygens (including phenoxy) is 1. The molecule has 9 heteroatoms. The molecule has 29 heavy (non-hydrogen) atoms. The number of nitrogens with one attached hydrogen (secondary N) is 2. The van der Waals surface area contributed by atoms with Gasteiger partial charge in [0.05, 0.1) is 11.0 Å². The van der Waals surface area contributed by atoms with Crippen LogP contribution in [0.2, 0.25) is 0 Å². The quantitative estimate of drug-likeness (QED) is 0.284. The number of rotatable bonds is 7. The molecular weight excluding hydrogens is 491 g/mol. The third kappa shape index (κ3) is 6.55. The van der Waals surface area contributed by atoms with Crippen molar-refractivity contribution in [1.29, 1.82) is 0 Å². The first kappa shape index (κ1) is 22.9. The van der Waals surface area contributed by atoms with Crippen LogP contribution < -0.4 is 10.1 Å². The Labute approximate surface area is 185 Å². The number of aromatic nitrogens is 2. The molecule has 2 N–H and O–H groups in total. The van der Waals surface area contributed by atoms with Crippen LogP contribution in [0.1, 0.15) is 11.4 Å². The first-order chi connectivity index (χ1) is 13.5. The van der Waals surface area contributed by atoms with Gasteiger partial charge in [0.2, 0.25) is 0 Å². The number of guanidine groups is 1. The summed E-state index contributed by atoms with van der Waals surface area (Å²) >= 11 is 0. The Morgan fingerprint density at radius 2 is 1.93 bits per heavy atom. The summed E-state index contributed by atoms with van der Waals surface area (Å²) in [5, 5.41) is 3.31. The van der Waals surface area contributed by atoms with Crippen LogP contribution in [0.4, 0.5) is 8.78 Å². The van der Waals surface area contributed by atoms with Crippen molar-refractivity contribution in [3.05, 3.63) is 59.9 Å². The summed E-state index contributed by atoms with van der Waals surface area (Å²) in [5.74, 6) is 1.81. The second-order valence-corrected chi connectivity index (χ2v) is 6.30. The number of alkyl halides is 2. The van der Waals surface area contributed by atoms with Crippen LogP contribution in [0.3, 0.4) is 0 Å². The van der Waals surface area contributed by atoms with E-state index in [0.29, 0.717) is 13.1 Å². The first-order valence-corrected chi connectivity index (χ1v) is 8.94. The van der Waals surface area contributed by atoms with E-state index < -0.39 is 6.61 Å². The Morgan fingerprint density at radius 3 is 2.59 bits per heavy atom. The number of fused-ring (bicyclic) bond motifs is 1. The van der Waals surface area contributed by atoms with E-state index in [-0.39, 0.29) is 29.7 Å². The highest BCUT2D eigenvalue weighted by molar-refractivity contribution is 14.0. The minimum atomic E-state index is -2.82. The number of imidazole rings is 1. The fraction of sp³-hybridized carbons (Fsp3) is 0.300. The maximum atomic E-state index is 12.2. The Hall–Kier alpha value is -2.43. The second-order valence-electron chi connectivity index (χ2n) is 6.30. The smallest absolute Gasteiger partial charge is 0.387 e. The minimum Gasteiger partial charge on any atom is -0.435 e. The number of halogens is 3. The van der Waals surface area contributed by atoms with Crippen LogP contribution in [0.5, 0.6) is 5.75 Å². The number of H-pyrrole nitrogens is 1. The van der Waals surface area contributed by atoms with E-state index in [1.165, 1.54) is 12.1 Å². The molecular formula is C20H24F2IN5O. The maximum Gasteiger partial charge on any atom is 0.387 e. The Kier molecular flexibility index (Phi) is 8.62. The number of para-hydroxylation sites is 2. The fourth-order valence-corrected chi connectivity index (χ4v) is 2.93. The highest BCUT2D eigenvalue weighted by atomic mass is 127. The highest BCUT2D eigenvalue weighted by Crippen LogP contribution is 2.16. The van der Waals surface area contributed by atoms with Crippen LogP contribution in [0, 0.1) is 0 Å². The van der Waals surface area contributed by atoms with Gasteiger partial charge in [-0.3, -0.25) is 4.99 Å². The predicted octanol–water partition coefficient (Wildman–Crippen LogP) is 4.03. The molecule has 0 amide bonds. The molecule has 0 aliphatic rings. The number of benzene rings is 2. The molecule has 1 heterocycles. The van der Waals surface area contributed by atoms with Crippen LogP contribution in [-0.2, 0) is 13.0 Å². The van der Waals surface area contributed by atoms with E-state index in [0.717, 1.165) is 34.8 Å². The Morgan fingerprint density at radius 1 is 1.21 bits per heavy atom. The monoisotopic (exact) mass is 515 g/mol. The summed E-state index contributed by atoms with van der Waals surface area (Å²) in [5.41, 5.74) is 2.95. The van der Waals surface area contributed by atoms with Crippen molar-refractivity contribution in [1.82, 2.24) is 20.2 Å². The van der Waals surface area contributed by atoms with E-state index >= 15 is 0 Å². The number of hydrogen-bond donors (Lipinski definition) is 2. The molecule has 0 aliphatic carbocycles. The number of hydrogen-bond acceptors (Lipinski definition) is 3. The summed E-state index contributed by atoms with van der Waals surface area (Å²) in [6, 6.07) is 14.5. The molecule has 2 aromatic carbocycles. The van der Waals surface area contributed by atoms with E-state index in [1.54, 1.807) is 19.2 Å². The van der Waals surface area contributed by atoms with E-state index in [4.69, 9.17) is 0 Å². The highest BCUT2D eigenvalue weighted by Gasteiger charge is 2.09. The molecule has 3 aromatic rings. The van der Waals surface area contributed by atoms with Gasteiger partial charge in [-0.05, 0) is 29.8 Å². The zero-order chi connectivity index (χ0) is 19.9. The third-order valence-corrected chi connectivity index (χ3v) is 4.22. The molecule has 0 aliphatic heterocycles. The molecule has 3 rings (SSSR count). The Balaban J connectivity index is 0.00000300. The van der Waals surface area contributed by atoms with E-state index in [2.05, 4.69) is 25.0 Å². The van der Waals surface area contributed by atoms with Crippen molar-refractivity contribution < 1.29 is 13.5 Å². The van der Waals surface area contributed by atoms with Gasteiger partial charge in [0.15, 0.2) is 5.96 Å². The SMILES string of the molecule is CN=C(NCCc1nc2ccccc2[nH]1)N(C)Cc1ccc(OC(F)F)cc1.I. The topological polar surface area (TPSA) is 65.5 Å². The largest absolute Gasteiger partial charge is 0.435 e. The van der Waals surface area contributed by atoms with Crippen molar-refractivity contribution in [2.24, 2.45) is 4.99 Å². The van der Waals surface area contributed by atoms with Crippen molar-refractivity contribution in [3.8, 4) is 5.75 Å². The third-order valence-electron chi connectivity index (χ3n) is 4.22. The zero-order valence-corrected chi connectivity index (χ0v) is 18.6. The number of aliphatic imine (C=N–C) groups is 1. The standard InChI is InChI=1S/C20H23F2N5O.HI/c1-23-20(24-12-11-18-25-16-5-3-4-6-17(16)26-18)27(2)13-14-7-9-15(10-8-14)28-19(21)22;/h3-10,19H,11-13H2,1-2H3,(H,23,24)(H,25,26);1H. The van der Waals surface area contributed by atoms with Crippen LogP contribution in [-0.4, -0.2) is 48.1 Å². The minimum absolute atomic E-state index is 0. The average Bonchev–Trinajstić information content (AvgIpc) is 3.09. The summed E-state index contributed by atoms with van der Waals surface area (Å²) in [4.78, 5) is 14.1. The predicted molar refractivity (Wildman–Crippen MR) is 121 cm³/mol. The van der Waals surface area contributed by atoms with Gasteiger partial charge in [-0.1, -0.05) is 24.3 Å². The van der Waals surface area contributed by atoms with Crippen LogP contribution >= 0.6 is 24.0 Å². The van der Waals surface area contributed by atoms with Crippen molar-refractivity contribution in [2.45, 2.75) is 19.6 Å². The van der Waals surface area contributed by atoms with E-state index in [9.17, 15) is 8.78 Å². The average molecular weight is 515 g/mol. The second kappa shape index (κ2) is 10.9. The van der Waals surface area contributed by atoms with Gasteiger partial charge in [-0.15, -0.1) is 24.0 Å². The molecule has 0 fully saturated rings. The summed E-state index contributed by atoms with van der Waals surface area (Å²) in [7, 11) is 3.64. The molecule has 0 spiro atoms. The molecule has 0 saturated heterocycles. The molecule has 0 bridgehead atoms. The lowest BCUT2D eigenvalue weighted by atomic mass is 10.2. The summed E-state index contributed by atoms with van der Waals surface area (Å²) in [6.45, 7) is -1.56. The molecule has 0 radical (unpaired) electrons. The fourth-order valence-electron chi connectivity index (χ4n) is 2.93. The van der Waals surface area contributed by atoms with Gasteiger partial charge in [-0.2, -0.15) is 8.78 Å². The molecule has 156 valence electrons. The lowest BCUT2D eigenvalue weighted by Gasteiger charge is -2.22. The molecule has 1 aromatic heterocycles. The molecule has 0 saturated carbocycles. The first-order valence-electron chi connectivity index (χ1n) is 8.94. The summed E-state index contributed by atoms with van der Waals surface area (Å²) < 4.78 is 28.8. The molecule has 6 nitrogen and oxygen atoms in total. The normalized spacial score (nSPS) is 11.4. The maximum absolute atomic E-state index is 12.2. The van der Waals surface area contributed by atoms with Gasteiger partial charge in [-0.25, -0.2) is 4.98 Å². The lowest BCUT2D eigenvalue weighted by molar-refractivity contribution is -0.0498. The van der Waals surface area contributed by atoms with Gasteiger partial charge >= 0.3 is 6.61 Å².